The molecule has 0 aliphatic carbocycles. The van der Waals surface area contributed by atoms with Crippen molar-refractivity contribution in [3.8, 4) is 0 Å². The van der Waals surface area contributed by atoms with Crippen molar-refractivity contribution in [3.63, 3.8) is 0 Å². The van der Waals surface area contributed by atoms with E-state index in [2.05, 4.69) is 10.1 Å². The fraction of sp³-hybridized carbons (Fsp3) is 0.368. The van der Waals surface area contributed by atoms with Crippen molar-refractivity contribution in [3.05, 3.63) is 46.3 Å². The SMILES string of the molecule is COC(=O)[C@H](CC(C)C)NC(=O)COC(=O)c1cc2ccccc2oc1=O. The molecule has 0 bridgehead atoms. The molecule has 8 nitrogen and oxygen atoms in total. The van der Waals surface area contributed by atoms with Gasteiger partial charge in [-0.2, -0.15) is 0 Å². The zero-order valence-corrected chi connectivity index (χ0v) is 15.3. The van der Waals surface area contributed by atoms with Crippen molar-refractivity contribution in [2.75, 3.05) is 13.7 Å². The van der Waals surface area contributed by atoms with Gasteiger partial charge >= 0.3 is 17.6 Å². The first-order valence-electron chi connectivity index (χ1n) is 8.39. The average molecular weight is 375 g/mol. The maximum absolute atomic E-state index is 12.1. The molecule has 1 atom stereocenters. The Hall–Kier alpha value is -3.16. The van der Waals surface area contributed by atoms with Crippen LogP contribution in [0.25, 0.3) is 11.0 Å². The molecule has 144 valence electrons. The van der Waals surface area contributed by atoms with E-state index in [0.717, 1.165) is 0 Å². The molecule has 1 amide bonds. The van der Waals surface area contributed by atoms with Crippen LogP contribution in [0.2, 0.25) is 0 Å². The van der Waals surface area contributed by atoms with Crippen molar-refractivity contribution < 1.29 is 28.3 Å². The van der Waals surface area contributed by atoms with Crippen LogP contribution in [0.4, 0.5) is 0 Å². The van der Waals surface area contributed by atoms with Crippen LogP contribution in [-0.4, -0.2) is 37.6 Å². The normalized spacial score (nSPS) is 11.9. The van der Waals surface area contributed by atoms with Crippen LogP contribution in [0.15, 0.2) is 39.5 Å². The van der Waals surface area contributed by atoms with E-state index >= 15 is 0 Å². The molecule has 8 heteroatoms. The second-order valence-electron chi connectivity index (χ2n) is 6.33. The molecular weight excluding hydrogens is 354 g/mol. The molecule has 0 radical (unpaired) electrons. The van der Waals surface area contributed by atoms with Gasteiger partial charge in [-0.3, -0.25) is 4.79 Å². The Morgan fingerprint density at radius 1 is 1.19 bits per heavy atom. The third kappa shape index (κ3) is 5.40. The number of hydrogen-bond acceptors (Lipinski definition) is 7. The molecule has 1 aromatic carbocycles. The van der Waals surface area contributed by atoms with Gasteiger partial charge in [0.05, 0.1) is 7.11 Å². The summed E-state index contributed by atoms with van der Waals surface area (Å²) in [4.78, 5) is 47.7. The molecule has 0 spiro atoms. The van der Waals surface area contributed by atoms with E-state index in [1.165, 1.54) is 13.2 Å². The highest BCUT2D eigenvalue weighted by Gasteiger charge is 2.23. The topological polar surface area (TPSA) is 112 Å². The van der Waals surface area contributed by atoms with Crippen LogP contribution in [0.5, 0.6) is 0 Å². The second-order valence-corrected chi connectivity index (χ2v) is 6.33. The summed E-state index contributed by atoms with van der Waals surface area (Å²) in [6.07, 6.45) is 0.376. The molecule has 27 heavy (non-hydrogen) atoms. The van der Waals surface area contributed by atoms with E-state index in [4.69, 9.17) is 9.15 Å². The highest BCUT2D eigenvalue weighted by atomic mass is 16.5. The Bertz CT molecular complexity index is 900. The number of benzene rings is 1. The minimum atomic E-state index is -0.983. The van der Waals surface area contributed by atoms with Crippen LogP contribution in [0.1, 0.15) is 30.6 Å². The molecule has 1 aromatic heterocycles. The first kappa shape index (κ1) is 20.2. The zero-order chi connectivity index (χ0) is 20.0. The molecule has 0 aliphatic rings. The molecule has 0 unspecified atom stereocenters. The lowest BCUT2D eigenvalue weighted by molar-refractivity contribution is -0.145. The molecule has 2 rings (SSSR count). The minimum absolute atomic E-state index is 0.138. The van der Waals surface area contributed by atoms with Gasteiger partial charge in [-0.1, -0.05) is 32.0 Å². The Morgan fingerprint density at radius 2 is 1.89 bits per heavy atom. The van der Waals surface area contributed by atoms with Gasteiger partial charge in [0.1, 0.15) is 17.2 Å². The van der Waals surface area contributed by atoms with Gasteiger partial charge in [-0.05, 0) is 24.5 Å². The number of carbonyl (C=O) groups excluding carboxylic acids is 3. The molecule has 2 aromatic rings. The highest BCUT2D eigenvalue weighted by molar-refractivity contribution is 5.94. The van der Waals surface area contributed by atoms with E-state index in [-0.39, 0.29) is 11.5 Å². The van der Waals surface area contributed by atoms with Gasteiger partial charge in [0.15, 0.2) is 6.61 Å². The minimum Gasteiger partial charge on any atom is -0.467 e. The molecule has 0 saturated carbocycles. The number of rotatable bonds is 7. The number of fused-ring (bicyclic) bond motifs is 1. The van der Waals surface area contributed by atoms with Crippen LogP contribution < -0.4 is 10.9 Å². The first-order chi connectivity index (χ1) is 12.8. The highest BCUT2D eigenvalue weighted by Crippen LogP contribution is 2.13. The van der Waals surface area contributed by atoms with Gasteiger partial charge in [0.25, 0.3) is 5.91 Å². The Labute approximate surface area is 155 Å². The fourth-order valence-corrected chi connectivity index (χ4v) is 2.48. The number of nitrogens with one attached hydrogen (secondary N) is 1. The number of ether oxygens (including phenoxy) is 2. The maximum atomic E-state index is 12.1. The fourth-order valence-electron chi connectivity index (χ4n) is 2.48. The summed E-state index contributed by atoms with van der Waals surface area (Å²) in [7, 11) is 1.22. The van der Waals surface area contributed by atoms with Crippen molar-refractivity contribution in [1.29, 1.82) is 0 Å². The number of amides is 1. The smallest absolute Gasteiger partial charge is 0.351 e. The summed E-state index contributed by atoms with van der Waals surface area (Å²) in [6, 6.07) is 7.20. The van der Waals surface area contributed by atoms with Crippen molar-refractivity contribution in [2.24, 2.45) is 5.92 Å². The van der Waals surface area contributed by atoms with E-state index in [0.29, 0.717) is 17.4 Å². The van der Waals surface area contributed by atoms with Gasteiger partial charge < -0.3 is 19.2 Å². The molecule has 0 saturated heterocycles. The maximum Gasteiger partial charge on any atom is 0.351 e. The summed E-state index contributed by atoms with van der Waals surface area (Å²) < 4.78 is 14.6. The van der Waals surface area contributed by atoms with Gasteiger partial charge in [-0.15, -0.1) is 0 Å². The molecule has 1 heterocycles. The van der Waals surface area contributed by atoms with E-state index in [1.807, 2.05) is 13.8 Å². The number of carbonyl (C=O) groups is 3. The largest absolute Gasteiger partial charge is 0.467 e. The summed E-state index contributed by atoms with van der Waals surface area (Å²) in [5.41, 5.74) is -0.828. The number of para-hydroxylation sites is 1. The predicted molar refractivity (Wildman–Crippen MR) is 96.2 cm³/mol. The van der Waals surface area contributed by atoms with E-state index in [9.17, 15) is 19.2 Å². The van der Waals surface area contributed by atoms with Crippen LogP contribution in [0.3, 0.4) is 0 Å². The summed E-state index contributed by atoms with van der Waals surface area (Å²) >= 11 is 0. The number of hydrogen-bond donors (Lipinski definition) is 1. The Kier molecular flexibility index (Phi) is 6.70. The van der Waals surface area contributed by atoms with Crippen LogP contribution in [0, 0.1) is 5.92 Å². The summed E-state index contributed by atoms with van der Waals surface area (Å²) in [5, 5.41) is 3.01. The van der Waals surface area contributed by atoms with Crippen LogP contribution in [-0.2, 0) is 19.1 Å². The Balaban J connectivity index is 2.02. The first-order valence-corrected chi connectivity index (χ1v) is 8.39. The third-order valence-electron chi connectivity index (χ3n) is 3.72. The molecular formula is C19H21NO7. The monoisotopic (exact) mass is 375 g/mol. The molecule has 1 N–H and O–H groups in total. The van der Waals surface area contributed by atoms with E-state index < -0.39 is 36.1 Å². The Morgan fingerprint density at radius 3 is 2.56 bits per heavy atom. The lowest BCUT2D eigenvalue weighted by atomic mass is 10.0. The van der Waals surface area contributed by atoms with Crippen LogP contribution >= 0.6 is 0 Å². The predicted octanol–water partition coefficient (Wildman–Crippen LogP) is 1.65. The third-order valence-corrected chi connectivity index (χ3v) is 3.72. The molecule has 0 fully saturated rings. The van der Waals surface area contributed by atoms with Crippen molar-refractivity contribution >= 4 is 28.8 Å². The van der Waals surface area contributed by atoms with E-state index in [1.54, 1.807) is 24.3 Å². The summed E-state index contributed by atoms with van der Waals surface area (Å²) in [6.45, 7) is 3.14. The molecule has 0 aliphatic heterocycles. The number of methoxy groups -OCH3 is 1. The number of esters is 2. The van der Waals surface area contributed by atoms with Crippen molar-refractivity contribution in [1.82, 2.24) is 5.32 Å². The standard InChI is InChI=1S/C19H21NO7/c1-11(2)8-14(19(24)25-3)20-16(21)10-26-17(22)13-9-12-6-4-5-7-15(12)27-18(13)23/h4-7,9,11,14H,8,10H2,1-3H3,(H,20,21)/t14-/m0/s1. The summed E-state index contributed by atoms with van der Waals surface area (Å²) in [5.74, 6) is -2.11. The van der Waals surface area contributed by atoms with Crippen molar-refractivity contribution in [2.45, 2.75) is 26.3 Å². The second kappa shape index (κ2) is 8.98. The average Bonchev–Trinajstić information content (AvgIpc) is 2.64. The van der Waals surface area contributed by atoms with Gasteiger partial charge in [0, 0.05) is 5.39 Å². The van der Waals surface area contributed by atoms with Gasteiger partial charge in [-0.25, -0.2) is 14.4 Å². The van der Waals surface area contributed by atoms with Gasteiger partial charge in [0.2, 0.25) is 0 Å². The quantitative estimate of drug-likeness (QED) is 0.578. The zero-order valence-electron chi connectivity index (χ0n) is 15.3. The lowest BCUT2D eigenvalue weighted by Gasteiger charge is -2.18. The lowest BCUT2D eigenvalue weighted by Crippen LogP contribution is -2.44.